The Kier molecular flexibility index (Phi) is 5.04. The van der Waals surface area contributed by atoms with Gasteiger partial charge in [0.05, 0.1) is 5.56 Å². The monoisotopic (exact) mass is 252 g/mol. The van der Waals surface area contributed by atoms with Crippen molar-refractivity contribution in [3.05, 3.63) is 41.5 Å². The van der Waals surface area contributed by atoms with Crippen molar-refractivity contribution in [3.8, 4) is 0 Å². The first-order valence-corrected chi connectivity index (χ1v) is 3.98. The molecule has 2 nitrogen and oxygen atoms in total. The highest BCUT2D eigenvalue weighted by Crippen LogP contribution is 2.29. The number of hydrogen-bond donors (Lipinski definition) is 1. The van der Waals surface area contributed by atoms with E-state index < -0.39 is 17.7 Å². The second kappa shape index (κ2) is 5.55. The largest absolute Gasteiger partial charge is 0.478 e. The van der Waals surface area contributed by atoms with Gasteiger partial charge in [-0.3, -0.25) is 0 Å². The average molecular weight is 253 g/mol. The molecule has 0 radical (unpaired) electrons. The van der Waals surface area contributed by atoms with Crippen LogP contribution in [0.4, 0.5) is 13.2 Å². The molecule has 1 aromatic carbocycles. The number of carboxylic acids is 1. The fourth-order valence-corrected chi connectivity index (χ4v) is 0.951. The zero-order valence-corrected chi connectivity index (χ0v) is 8.68. The molecule has 0 unspecified atom stereocenters. The molecule has 0 saturated carbocycles. The minimum absolute atomic E-state index is 0. The normalized spacial score (nSPS) is 11.2. The van der Waals surface area contributed by atoms with E-state index in [1.165, 1.54) is 18.2 Å². The second-order valence-corrected chi connectivity index (χ2v) is 2.79. The maximum atomic E-state index is 12.1. The summed E-state index contributed by atoms with van der Waals surface area (Å²) in [7, 11) is 0. The molecule has 0 aliphatic carbocycles. The van der Waals surface area contributed by atoms with E-state index in [0.717, 1.165) is 18.2 Å². The van der Waals surface area contributed by atoms with E-state index in [4.69, 9.17) is 5.11 Å². The standard InChI is InChI=1S/C10H7F3O2.ClH/c11-10(12,13)8-4-1-7(2-5-8)3-6-9(14)15;/h1-6H,(H,14,15);1H. The van der Waals surface area contributed by atoms with Crippen LogP contribution in [-0.4, -0.2) is 11.1 Å². The van der Waals surface area contributed by atoms with Gasteiger partial charge in [0.25, 0.3) is 0 Å². The highest BCUT2D eigenvalue weighted by atomic mass is 35.5. The maximum Gasteiger partial charge on any atom is 0.416 e. The topological polar surface area (TPSA) is 37.3 Å². The van der Waals surface area contributed by atoms with Gasteiger partial charge in [-0.15, -0.1) is 12.4 Å². The molecular weight excluding hydrogens is 245 g/mol. The number of benzene rings is 1. The Bertz CT molecular complexity index is 382. The Morgan fingerprint density at radius 1 is 1.19 bits per heavy atom. The number of carboxylic acid groups (broad SMARTS) is 1. The number of aliphatic carboxylic acids is 1. The van der Waals surface area contributed by atoms with Gasteiger partial charge in [-0.1, -0.05) is 12.1 Å². The molecule has 6 heteroatoms. The summed E-state index contributed by atoms with van der Waals surface area (Å²) >= 11 is 0. The van der Waals surface area contributed by atoms with Crippen LogP contribution in [0.15, 0.2) is 30.3 Å². The van der Waals surface area contributed by atoms with E-state index in [0.29, 0.717) is 5.56 Å². The number of alkyl halides is 3. The zero-order valence-electron chi connectivity index (χ0n) is 7.86. The van der Waals surface area contributed by atoms with Gasteiger partial charge >= 0.3 is 12.1 Å². The van der Waals surface area contributed by atoms with Crippen molar-refractivity contribution >= 4 is 24.5 Å². The van der Waals surface area contributed by atoms with Crippen molar-refractivity contribution in [2.24, 2.45) is 0 Å². The van der Waals surface area contributed by atoms with Crippen LogP contribution >= 0.6 is 12.4 Å². The molecule has 0 saturated heterocycles. The van der Waals surface area contributed by atoms with Crippen molar-refractivity contribution in [1.29, 1.82) is 0 Å². The van der Waals surface area contributed by atoms with Gasteiger partial charge in [-0.25, -0.2) is 4.79 Å². The van der Waals surface area contributed by atoms with Gasteiger partial charge in [0.15, 0.2) is 0 Å². The van der Waals surface area contributed by atoms with Crippen molar-refractivity contribution in [1.82, 2.24) is 0 Å². The Balaban J connectivity index is 0.00000225. The third kappa shape index (κ3) is 4.35. The predicted octanol–water partition coefficient (Wildman–Crippen LogP) is 3.23. The number of hydrogen-bond acceptors (Lipinski definition) is 1. The van der Waals surface area contributed by atoms with E-state index in [1.807, 2.05) is 0 Å². The average Bonchev–Trinajstić information content (AvgIpc) is 2.14. The lowest BCUT2D eigenvalue weighted by atomic mass is 10.1. The van der Waals surface area contributed by atoms with Crippen LogP contribution in [0.5, 0.6) is 0 Å². The van der Waals surface area contributed by atoms with Gasteiger partial charge in [0, 0.05) is 6.08 Å². The van der Waals surface area contributed by atoms with Crippen molar-refractivity contribution in [2.45, 2.75) is 6.18 Å². The lowest BCUT2D eigenvalue weighted by Gasteiger charge is -2.05. The van der Waals surface area contributed by atoms with E-state index >= 15 is 0 Å². The van der Waals surface area contributed by atoms with Gasteiger partial charge in [0.1, 0.15) is 0 Å². The molecule has 0 bridgehead atoms. The molecule has 1 N–H and O–H groups in total. The lowest BCUT2D eigenvalue weighted by Crippen LogP contribution is -2.03. The second-order valence-electron chi connectivity index (χ2n) is 2.79. The quantitative estimate of drug-likeness (QED) is 0.821. The molecule has 1 aromatic rings. The van der Waals surface area contributed by atoms with E-state index in [9.17, 15) is 18.0 Å². The number of rotatable bonds is 2. The van der Waals surface area contributed by atoms with E-state index in [-0.39, 0.29) is 12.4 Å². The highest BCUT2D eigenvalue weighted by Gasteiger charge is 2.29. The lowest BCUT2D eigenvalue weighted by molar-refractivity contribution is -0.137. The van der Waals surface area contributed by atoms with Crippen molar-refractivity contribution < 1.29 is 23.1 Å². The van der Waals surface area contributed by atoms with Crippen molar-refractivity contribution in [2.75, 3.05) is 0 Å². The molecule has 0 aliphatic heterocycles. The first-order valence-electron chi connectivity index (χ1n) is 3.98. The Morgan fingerprint density at radius 3 is 2.06 bits per heavy atom. The molecule has 0 fully saturated rings. The van der Waals surface area contributed by atoms with E-state index in [2.05, 4.69) is 0 Å². The van der Waals surface area contributed by atoms with Crippen LogP contribution in [0.3, 0.4) is 0 Å². The van der Waals surface area contributed by atoms with Crippen molar-refractivity contribution in [3.63, 3.8) is 0 Å². The Hall–Kier alpha value is -1.49. The molecule has 88 valence electrons. The fourth-order valence-electron chi connectivity index (χ4n) is 0.951. The third-order valence-corrected chi connectivity index (χ3v) is 1.66. The number of carbonyl (C=O) groups is 1. The zero-order chi connectivity index (χ0) is 11.5. The fraction of sp³-hybridized carbons (Fsp3) is 0.100. The summed E-state index contributed by atoms with van der Waals surface area (Å²) in [5.74, 6) is -1.14. The van der Waals surface area contributed by atoms with Gasteiger partial charge in [-0.05, 0) is 23.8 Å². The van der Waals surface area contributed by atoms with Crippen LogP contribution in [-0.2, 0) is 11.0 Å². The SMILES string of the molecule is Cl.O=C(O)C=Cc1ccc(C(F)(F)F)cc1. The molecule has 0 aromatic heterocycles. The summed E-state index contributed by atoms with van der Waals surface area (Å²) in [6.45, 7) is 0. The molecular formula is C10H8ClF3O2. The summed E-state index contributed by atoms with van der Waals surface area (Å²) in [4.78, 5) is 10.1. The molecule has 16 heavy (non-hydrogen) atoms. The van der Waals surface area contributed by atoms with Crippen LogP contribution in [0.25, 0.3) is 6.08 Å². The van der Waals surface area contributed by atoms with Gasteiger partial charge < -0.3 is 5.11 Å². The molecule has 0 atom stereocenters. The summed E-state index contributed by atoms with van der Waals surface area (Å²) < 4.78 is 36.4. The minimum atomic E-state index is -4.37. The third-order valence-electron chi connectivity index (χ3n) is 1.66. The molecule has 0 spiro atoms. The van der Waals surface area contributed by atoms with Crippen LogP contribution in [0.1, 0.15) is 11.1 Å². The minimum Gasteiger partial charge on any atom is -0.478 e. The Labute approximate surface area is 95.8 Å². The van der Waals surface area contributed by atoms with Gasteiger partial charge in [0.2, 0.25) is 0 Å². The molecule has 0 heterocycles. The number of halogens is 4. The highest BCUT2D eigenvalue weighted by molar-refractivity contribution is 5.85. The van der Waals surface area contributed by atoms with Crippen LogP contribution in [0.2, 0.25) is 0 Å². The Morgan fingerprint density at radius 2 is 1.69 bits per heavy atom. The summed E-state index contributed by atoms with van der Waals surface area (Å²) in [5.41, 5.74) is -0.347. The molecule has 0 amide bonds. The summed E-state index contributed by atoms with van der Waals surface area (Å²) in [5, 5.41) is 8.29. The maximum absolute atomic E-state index is 12.1. The van der Waals surface area contributed by atoms with Crippen LogP contribution in [0, 0.1) is 0 Å². The molecule has 1 rings (SSSR count). The smallest absolute Gasteiger partial charge is 0.416 e. The predicted molar refractivity (Wildman–Crippen MR) is 55.4 cm³/mol. The van der Waals surface area contributed by atoms with E-state index in [1.54, 1.807) is 0 Å². The first-order chi connectivity index (χ1) is 6.89. The first kappa shape index (κ1) is 14.5. The summed E-state index contributed by atoms with van der Waals surface area (Å²) in [6.07, 6.45) is -2.28. The van der Waals surface area contributed by atoms with Crippen LogP contribution < -0.4 is 0 Å². The summed E-state index contributed by atoms with van der Waals surface area (Å²) in [6, 6.07) is 4.23. The molecule has 0 aliphatic rings. The van der Waals surface area contributed by atoms with Gasteiger partial charge in [-0.2, -0.15) is 13.2 Å².